The second-order valence-corrected chi connectivity index (χ2v) is 2.63. The van der Waals surface area contributed by atoms with Crippen molar-refractivity contribution in [2.24, 2.45) is 0 Å². The van der Waals surface area contributed by atoms with E-state index in [4.69, 9.17) is 5.11 Å². The summed E-state index contributed by atoms with van der Waals surface area (Å²) in [6.45, 7) is 5.56. The molecule has 1 rings (SSSR count). The summed E-state index contributed by atoms with van der Waals surface area (Å²) in [6, 6.07) is 0. The molecule has 0 spiro atoms. The molecule has 0 fully saturated rings. The van der Waals surface area contributed by atoms with Crippen molar-refractivity contribution in [3.05, 3.63) is 25.2 Å². The molecule has 1 heterocycles. The van der Waals surface area contributed by atoms with Gasteiger partial charge in [-0.3, -0.25) is 4.79 Å². The molecule has 0 saturated heterocycles. The lowest BCUT2D eigenvalue weighted by atomic mass is 10.4. The molecule has 12 heavy (non-hydrogen) atoms. The average molecular weight is 168 g/mol. The van der Waals surface area contributed by atoms with Crippen LogP contribution in [0.5, 0.6) is 0 Å². The first-order valence-electron chi connectivity index (χ1n) is 3.71. The van der Waals surface area contributed by atoms with Crippen LogP contribution < -0.4 is 0 Å². The lowest BCUT2D eigenvalue weighted by Gasteiger charge is -2.25. The van der Waals surface area contributed by atoms with Crippen LogP contribution in [0.1, 0.15) is 6.92 Å². The maximum absolute atomic E-state index is 10.4. The summed E-state index contributed by atoms with van der Waals surface area (Å²) < 4.78 is 0. The Bertz CT molecular complexity index is 225. The molecule has 0 radical (unpaired) electrons. The normalized spacial score (nSPS) is 21.6. The molecule has 0 aliphatic carbocycles. The van der Waals surface area contributed by atoms with Gasteiger partial charge in [-0.25, -0.2) is 0 Å². The van der Waals surface area contributed by atoms with Gasteiger partial charge in [-0.1, -0.05) is 6.58 Å². The number of aliphatic carboxylic acids is 1. The molecule has 0 aromatic rings. The van der Waals surface area contributed by atoms with Crippen LogP contribution in [0.2, 0.25) is 0 Å². The van der Waals surface area contributed by atoms with Crippen molar-refractivity contribution < 1.29 is 9.90 Å². The Morgan fingerprint density at radius 1 is 1.75 bits per heavy atom. The van der Waals surface area contributed by atoms with Gasteiger partial charge in [0.15, 0.2) is 0 Å². The highest BCUT2D eigenvalue weighted by Gasteiger charge is 2.20. The summed E-state index contributed by atoms with van der Waals surface area (Å²) >= 11 is 0. The van der Waals surface area contributed by atoms with Gasteiger partial charge in [0.2, 0.25) is 0 Å². The molecule has 1 atom stereocenters. The predicted molar refractivity (Wildman–Crippen MR) is 45.0 cm³/mol. The van der Waals surface area contributed by atoms with Gasteiger partial charge in [-0.2, -0.15) is 0 Å². The Labute approximate surface area is 71.4 Å². The number of hydrogen-bond acceptors (Lipinski definition) is 3. The van der Waals surface area contributed by atoms with E-state index in [0.29, 0.717) is 0 Å². The van der Waals surface area contributed by atoms with Crippen molar-refractivity contribution in [3.8, 4) is 0 Å². The molecule has 0 amide bonds. The molecule has 1 aliphatic heterocycles. The van der Waals surface area contributed by atoms with Crippen molar-refractivity contribution in [2.45, 2.75) is 13.1 Å². The van der Waals surface area contributed by atoms with Crippen LogP contribution in [0.15, 0.2) is 25.2 Å². The third-order valence-corrected chi connectivity index (χ3v) is 1.87. The third kappa shape index (κ3) is 1.58. The Morgan fingerprint density at radius 2 is 2.42 bits per heavy atom. The number of carboxylic acids is 1. The van der Waals surface area contributed by atoms with Gasteiger partial charge in [0.05, 0.1) is 0 Å². The first-order chi connectivity index (χ1) is 5.65. The van der Waals surface area contributed by atoms with Crippen LogP contribution in [-0.4, -0.2) is 33.6 Å². The van der Waals surface area contributed by atoms with Crippen LogP contribution in [0, 0.1) is 0 Å². The fraction of sp³-hybridized carbons (Fsp3) is 0.375. The van der Waals surface area contributed by atoms with E-state index in [1.165, 1.54) is 0 Å². The minimum absolute atomic E-state index is 0.0298. The molecular weight excluding hydrogens is 156 g/mol. The molecule has 0 aromatic carbocycles. The van der Waals surface area contributed by atoms with Gasteiger partial charge < -0.3 is 14.9 Å². The number of rotatable bonds is 3. The summed E-state index contributed by atoms with van der Waals surface area (Å²) in [7, 11) is 0. The van der Waals surface area contributed by atoms with E-state index < -0.39 is 5.97 Å². The fourth-order valence-corrected chi connectivity index (χ4v) is 1.14. The van der Waals surface area contributed by atoms with Gasteiger partial charge in [0, 0.05) is 12.4 Å². The molecule has 1 aliphatic rings. The largest absolute Gasteiger partial charge is 0.480 e. The molecule has 0 bridgehead atoms. The standard InChI is InChI=1S/C8H12N2O2/c1-3-9-4-5-10(7(9)2)6-8(11)12/h3-5,7H,1,6H2,2H3,(H,11,12). The van der Waals surface area contributed by atoms with E-state index in [0.717, 1.165) is 0 Å². The number of nitrogens with zero attached hydrogens (tertiary/aromatic N) is 2. The van der Waals surface area contributed by atoms with Crippen LogP contribution in [0.4, 0.5) is 0 Å². The molecule has 1 unspecified atom stereocenters. The molecule has 66 valence electrons. The van der Waals surface area contributed by atoms with Gasteiger partial charge in [0.25, 0.3) is 0 Å². The second kappa shape index (κ2) is 3.30. The molecular formula is C8H12N2O2. The Kier molecular flexibility index (Phi) is 2.38. The summed E-state index contributed by atoms with van der Waals surface area (Å²) in [5.74, 6) is -0.822. The van der Waals surface area contributed by atoms with E-state index in [9.17, 15) is 4.79 Å². The van der Waals surface area contributed by atoms with Gasteiger partial charge >= 0.3 is 5.97 Å². The highest BCUT2D eigenvalue weighted by atomic mass is 16.4. The minimum atomic E-state index is -0.822. The van der Waals surface area contributed by atoms with Crippen LogP contribution in [0.25, 0.3) is 0 Å². The highest BCUT2D eigenvalue weighted by molar-refractivity contribution is 5.69. The van der Waals surface area contributed by atoms with E-state index in [-0.39, 0.29) is 12.7 Å². The maximum Gasteiger partial charge on any atom is 0.323 e. The maximum atomic E-state index is 10.4. The summed E-state index contributed by atoms with van der Waals surface area (Å²) in [5.41, 5.74) is 0. The van der Waals surface area contributed by atoms with Gasteiger partial charge in [-0.15, -0.1) is 0 Å². The minimum Gasteiger partial charge on any atom is -0.480 e. The van der Waals surface area contributed by atoms with E-state index in [1.807, 2.05) is 11.8 Å². The van der Waals surface area contributed by atoms with E-state index >= 15 is 0 Å². The molecule has 4 heteroatoms. The van der Waals surface area contributed by atoms with Crippen LogP contribution in [-0.2, 0) is 4.79 Å². The monoisotopic (exact) mass is 168 g/mol. The van der Waals surface area contributed by atoms with Crippen LogP contribution >= 0.6 is 0 Å². The first-order valence-corrected chi connectivity index (χ1v) is 3.71. The Hall–Kier alpha value is -1.45. The average Bonchev–Trinajstić information content (AvgIpc) is 2.32. The number of carbonyl (C=O) groups is 1. The topological polar surface area (TPSA) is 43.8 Å². The number of hydrogen-bond donors (Lipinski definition) is 1. The van der Waals surface area contributed by atoms with Crippen molar-refractivity contribution in [1.82, 2.24) is 9.80 Å². The van der Waals surface area contributed by atoms with Crippen molar-refractivity contribution in [3.63, 3.8) is 0 Å². The van der Waals surface area contributed by atoms with E-state index in [1.54, 1.807) is 23.5 Å². The van der Waals surface area contributed by atoms with Crippen molar-refractivity contribution in [2.75, 3.05) is 6.54 Å². The van der Waals surface area contributed by atoms with Crippen molar-refractivity contribution >= 4 is 5.97 Å². The van der Waals surface area contributed by atoms with Crippen LogP contribution in [0.3, 0.4) is 0 Å². The third-order valence-electron chi connectivity index (χ3n) is 1.87. The van der Waals surface area contributed by atoms with E-state index in [2.05, 4.69) is 6.58 Å². The van der Waals surface area contributed by atoms with Crippen molar-refractivity contribution in [1.29, 1.82) is 0 Å². The molecule has 0 saturated carbocycles. The zero-order chi connectivity index (χ0) is 9.14. The summed E-state index contributed by atoms with van der Waals surface area (Å²) in [4.78, 5) is 14.0. The zero-order valence-corrected chi connectivity index (χ0v) is 6.97. The molecule has 0 aromatic heterocycles. The SMILES string of the molecule is C=CN1C=CN(CC(=O)O)C1C. The Balaban J connectivity index is 2.55. The lowest BCUT2D eigenvalue weighted by Crippen LogP contribution is -2.36. The smallest absolute Gasteiger partial charge is 0.323 e. The predicted octanol–water partition coefficient (Wildman–Crippen LogP) is 0.649. The van der Waals surface area contributed by atoms with Gasteiger partial charge in [-0.05, 0) is 13.1 Å². The first kappa shape index (κ1) is 8.64. The second-order valence-electron chi connectivity index (χ2n) is 2.63. The number of carboxylic acid groups (broad SMARTS) is 1. The summed E-state index contributed by atoms with van der Waals surface area (Å²) in [6.07, 6.45) is 5.28. The highest BCUT2D eigenvalue weighted by Crippen LogP contribution is 2.14. The lowest BCUT2D eigenvalue weighted by molar-refractivity contribution is -0.138. The fourth-order valence-electron chi connectivity index (χ4n) is 1.14. The Morgan fingerprint density at radius 3 is 2.83 bits per heavy atom. The molecule has 4 nitrogen and oxygen atoms in total. The quantitative estimate of drug-likeness (QED) is 0.672. The zero-order valence-electron chi connectivity index (χ0n) is 6.97. The summed E-state index contributed by atoms with van der Waals surface area (Å²) in [5, 5.41) is 8.53. The van der Waals surface area contributed by atoms with Gasteiger partial charge in [0.1, 0.15) is 12.7 Å². The molecule has 1 N–H and O–H groups in total.